The van der Waals surface area contributed by atoms with Gasteiger partial charge in [0.1, 0.15) is 0 Å². The van der Waals surface area contributed by atoms with Gasteiger partial charge in [-0.25, -0.2) is 0 Å². The molecule has 0 unspecified atom stereocenters. The summed E-state index contributed by atoms with van der Waals surface area (Å²) in [5.74, 6) is 0. The highest BCUT2D eigenvalue weighted by Crippen LogP contribution is 2.44. The van der Waals surface area contributed by atoms with Crippen LogP contribution in [0.3, 0.4) is 0 Å². The van der Waals surface area contributed by atoms with Crippen LogP contribution in [-0.2, 0) is 0 Å². The van der Waals surface area contributed by atoms with E-state index in [1.165, 1.54) is 104 Å². The molecule has 0 radical (unpaired) electrons. The molecular weight excluding hydrogens is 651 g/mol. The molecule has 1 heterocycles. The maximum absolute atomic E-state index is 3.73. The van der Waals surface area contributed by atoms with Crippen LogP contribution in [0.2, 0.25) is 0 Å². The van der Waals surface area contributed by atoms with Crippen molar-refractivity contribution in [3.8, 4) is 33.4 Å². The van der Waals surface area contributed by atoms with Crippen molar-refractivity contribution in [3.05, 3.63) is 185 Å². The number of aromatic amines is 1. The summed E-state index contributed by atoms with van der Waals surface area (Å²) in [6.07, 6.45) is 10.2. The summed E-state index contributed by atoms with van der Waals surface area (Å²) in [5, 5.41) is 10.3. The van der Waals surface area contributed by atoms with E-state index in [2.05, 4.69) is 189 Å². The van der Waals surface area contributed by atoms with Gasteiger partial charge < -0.3 is 4.98 Å². The lowest BCUT2D eigenvalue weighted by atomic mass is 9.83. The highest BCUT2D eigenvalue weighted by atomic mass is 14.7. The summed E-state index contributed by atoms with van der Waals surface area (Å²) in [7, 11) is 0. The van der Waals surface area contributed by atoms with E-state index in [0.717, 1.165) is 24.8 Å². The van der Waals surface area contributed by atoms with Crippen molar-refractivity contribution in [2.24, 2.45) is 0 Å². The molecule has 9 aromatic rings. The number of H-pyrrole nitrogens is 1. The van der Waals surface area contributed by atoms with Crippen LogP contribution in [0, 0.1) is 6.92 Å². The topological polar surface area (TPSA) is 15.8 Å². The summed E-state index contributed by atoms with van der Waals surface area (Å²) in [5.41, 5.74) is 15.2. The Morgan fingerprint density at radius 3 is 2.04 bits per heavy atom. The summed E-state index contributed by atoms with van der Waals surface area (Å²) < 4.78 is 0. The molecule has 258 valence electrons. The first-order valence-corrected chi connectivity index (χ1v) is 19.3. The SMILES string of the molecule is CC/C=C\c1c(C)c(-c2ccc(C3=c4ccccc4=CCC3)cc2)c2ccccc2c1-c1cccc(-c2ccc3c(c2)[nH]c2cc4ccccc4cc23)c1. The molecule has 0 bridgehead atoms. The number of rotatable bonds is 6. The first kappa shape index (κ1) is 32.2. The normalized spacial score (nSPS) is 13.0. The fourth-order valence-corrected chi connectivity index (χ4v) is 8.94. The van der Waals surface area contributed by atoms with Crippen molar-refractivity contribution in [2.45, 2.75) is 33.1 Å². The molecule has 0 atom stereocenters. The Bertz CT molecular complexity index is 3080. The lowest BCUT2D eigenvalue weighted by Crippen LogP contribution is -2.29. The average Bonchev–Trinajstić information content (AvgIpc) is 3.58. The van der Waals surface area contributed by atoms with E-state index in [1.807, 2.05) is 0 Å². The molecular formula is C53H41N. The van der Waals surface area contributed by atoms with Crippen LogP contribution in [0.25, 0.3) is 94.5 Å². The second kappa shape index (κ2) is 13.2. The highest BCUT2D eigenvalue weighted by Gasteiger charge is 2.19. The maximum Gasteiger partial charge on any atom is 0.0471 e. The third-order valence-corrected chi connectivity index (χ3v) is 11.6. The summed E-state index contributed by atoms with van der Waals surface area (Å²) in [4.78, 5) is 3.73. The van der Waals surface area contributed by atoms with E-state index in [0.29, 0.717) is 0 Å². The zero-order valence-corrected chi connectivity index (χ0v) is 30.8. The molecule has 54 heavy (non-hydrogen) atoms. The first-order chi connectivity index (χ1) is 26.6. The molecule has 10 rings (SSSR count). The van der Waals surface area contributed by atoms with Crippen molar-refractivity contribution in [3.63, 3.8) is 0 Å². The van der Waals surface area contributed by atoms with Crippen LogP contribution in [0.15, 0.2) is 158 Å². The minimum absolute atomic E-state index is 0.980. The van der Waals surface area contributed by atoms with Gasteiger partial charge in [-0.3, -0.25) is 0 Å². The van der Waals surface area contributed by atoms with E-state index in [4.69, 9.17) is 0 Å². The second-order valence-corrected chi connectivity index (χ2v) is 14.7. The monoisotopic (exact) mass is 691 g/mol. The third-order valence-electron chi connectivity index (χ3n) is 11.6. The largest absolute Gasteiger partial charge is 0.354 e. The third kappa shape index (κ3) is 5.39. The highest BCUT2D eigenvalue weighted by molar-refractivity contribution is 6.13. The fraction of sp³-hybridized carbons (Fsp3) is 0.0943. The van der Waals surface area contributed by atoms with Crippen molar-refractivity contribution >= 4 is 61.1 Å². The molecule has 1 aromatic heterocycles. The number of benzene rings is 8. The van der Waals surface area contributed by atoms with E-state index < -0.39 is 0 Å². The Hall–Kier alpha value is -6.44. The standard InChI is InChI=1S/C53H41N/c1-3-4-19-43-34(2)52(37-26-24-36(25-27-37)45-23-12-16-35-13-7-8-20-44(35)45)47-21-9-10-22-48(47)53(43)42-18-11-17-38(30-42)41-28-29-46-49-31-39-14-5-6-15-40(39)32-51(49)54-50(46)33-41/h4-11,13-22,24-33,54H,3,12,23H2,1-2H3/b19-4-. The Balaban J connectivity index is 1.10. The van der Waals surface area contributed by atoms with Gasteiger partial charge in [-0.2, -0.15) is 0 Å². The van der Waals surface area contributed by atoms with E-state index in [1.54, 1.807) is 0 Å². The zero-order chi connectivity index (χ0) is 36.2. The van der Waals surface area contributed by atoms with Gasteiger partial charge in [-0.15, -0.1) is 0 Å². The van der Waals surface area contributed by atoms with Crippen LogP contribution in [0.5, 0.6) is 0 Å². The molecule has 1 heteroatoms. The van der Waals surface area contributed by atoms with Gasteiger partial charge in [0.2, 0.25) is 0 Å². The molecule has 0 fully saturated rings. The number of nitrogens with one attached hydrogen (secondary N) is 1. The summed E-state index contributed by atoms with van der Waals surface area (Å²) in [6.45, 7) is 4.53. The number of aromatic nitrogens is 1. The van der Waals surface area contributed by atoms with Gasteiger partial charge in [-0.1, -0.05) is 153 Å². The lowest BCUT2D eigenvalue weighted by Gasteiger charge is -2.21. The number of fused-ring (bicyclic) bond motifs is 6. The molecule has 1 aliphatic carbocycles. The number of allylic oxidation sites excluding steroid dienone is 1. The maximum atomic E-state index is 3.73. The smallest absolute Gasteiger partial charge is 0.0471 e. The van der Waals surface area contributed by atoms with Gasteiger partial charge in [0, 0.05) is 21.8 Å². The quantitative estimate of drug-likeness (QED) is 0.179. The Morgan fingerprint density at radius 2 is 1.20 bits per heavy atom. The molecule has 0 aliphatic heterocycles. The Labute approximate surface area is 316 Å². The van der Waals surface area contributed by atoms with Crippen LogP contribution in [0.1, 0.15) is 42.9 Å². The molecule has 0 saturated carbocycles. The van der Waals surface area contributed by atoms with Crippen LogP contribution in [-0.4, -0.2) is 4.98 Å². The molecule has 1 nitrogen and oxygen atoms in total. The summed E-state index contributed by atoms with van der Waals surface area (Å²) >= 11 is 0. The van der Waals surface area contributed by atoms with Crippen molar-refractivity contribution in [1.29, 1.82) is 0 Å². The molecule has 1 N–H and O–H groups in total. The number of hydrogen-bond donors (Lipinski definition) is 1. The van der Waals surface area contributed by atoms with E-state index >= 15 is 0 Å². The molecule has 0 spiro atoms. The van der Waals surface area contributed by atoms with Crippen molar-refractivity contribution < 1.29 is 0 Å². The first-order valence-electron chi connectivity index (χ1n) is 19.3. The fourth-order valence-electron chi connectivity index (χ4n) is 8.94. The molecule has 8 aromatic carbocycles. The Morgan fingerprint density at radius 1 is 0.537 bits per heavy atom. The molecule has 1 aliphatic rings. The van der Waals surface area contributed by atoms with Crippen molar-refractivity contribution in [1.82, 2.24) is 4.98 Å². The minimum atomic E-state index is 0.980. The average molecular weight is 692 g/mol. The Kier molecular flexibility index (Phi) is 7.88. The van der Waals surface area contributed by atoms with E-state index in [9.17, 15) is 0 Å². The minimum Gasteiger partial charge on any atom is -0.354 e. The lowest BCUT2D eigenvalue weighted by molar-refractivity contribution is 1.08. The van der Waals surface area contributed by atoms with Crippen LogP contribution in [0.4, 0.5) is 0 Å². The van der Waals surface area contributed by atoms with E-state index in [-0.39, 0.29) is 0 Å². The summed E-state index contributed by atoms with van der Waals surface area (Å²) in [6, 6.07) is 56.4. The molecule has 0 amide bonds. The predicted molar refractivity (Wildman–Crippen MR) is 233 cm³/mol. The van der Waals surface area contributed by atoms with Gasteiger partial charge in [-0.05, 0) is 138 Å². The number of hydrogen-bond acceptors (Lipinski definition) is 0. The van der Waals surface area contributed by atoms with Gasteiger partial charge >= 0.3 is 0 Å². The van der Waals surface area contributed by atoms with Crippen molar-refractivity contribution in [2.75, 3.05) is 0 Å². The van der Waals surface area contributed by atoms with Gasteiger partial charge in [0.25, 0.3) is 0 Å². The van der Waals surface area contributed by atoms with Gasteiger partial charge in [0.15, 0.2) is 0 Å². The zero-order valence-electron chi connectivity index (χ0n) is 30.8. The van der Waals surface area contributed by atoms with Gasteiger partial charge in [0.05, 0.1) is 0 Å². The van der Waals surface area contributed by atoms with Crippen LogP contribution < -0.4 is 10.4 Å². The van der Waals surface area contributed by atoms with Crippen LogP contribution >= 0.6 is 0 Å². The molecule has 0 saturated heterocycles. The predicted octanol–water partition coefficient (Wildman–Crippen LogP) is 13.1. The second-order valence-electron chi connectivity index (χ2n) is 14.7.